The van der Waals surface area contributed by atoms with E-state index in [-0.39, 0.29) is 5.69 Å². The number of anilines is 2. The zero-order valence-electron chi connectivity index (χ0n) is 19.5. The van der Waals surface area contributed by atoms with E-state index in [4.69, 9.17) is 5.73 Å². The van der Waals surface area contributed by atoms with Gasteiger partial charge in [0.1, 0.15) is 17.8 Å². The van der Waals surface area contributed by atoms with Crippen molar-refractivity contribution in [3.63, 3.8) is 0 Å². The van der Waals surface area contributed by atoms with Crippen LogP contribution < -0.4 is 21.7 Å². The molecule has 1 aliphatic carbocycles. The number of halogens is 2. The summed E-state index contributed by atoms with van der Waals surface area (Å²) in [6.45, 7) is 7.28. The Morgan fingerprint density at radius 3 is 2.56 bits per heavy atom. The molecule has 1 aliphatic rings. The third-order valence-electron chi connectivity index (χ3n) is 6.13. The van der Waals surface area contributed by atoms with Crippen molar-refractivity contribution >= 4 is 17.1 Å². The van der Waals surface area contributed by atoms with Gasteiger partial charge >= 0.3 is 0 Å². The summed E-state index contributed by atoms with van der Waals surface area (Å²) >= 11 is 0. The molecule has 0 amide bonds. The van der Waals surface area contributed by atoms with Gasteiger partial charge in [-0.3, -0.25) is 5.32 Å². The maximum atomic E-state index is 14.6. The van der Waals surface area contributed by atoms with Crippen molar-refractivity contribution in [2.75, 3.05) is 17.6 Å². The normalized spacial score (nSPS) is 14.0. The van der Waals surface area contributed by atoms with Crippen LogP contribution in [0.4, 0.5) is 20.2 Å². The number of nitrogens with one attached hydrogen (secondary N) is 3. The quantitative estimate of drug-likeness (QED) is 0.200. The lowest BCUT2D eigenvalue weighted by Crippen LogP contribution is -2.33. The molecule has 1 fully saturated rings. The number of nitrogens with two attached hydrogens (primary N) is 1. The Balaban J connectivity index is 1.61. The molecule has 0 bridgehead atoms. The van der Waals surface area contributed by atoms with Gasteiger partial charge in [0.2, 0.25) is 0 Å². The van der Waals surface area contributed by atoms with Crippen molar-refractivity contribution in [2.45, 2.75) is 44.8 Å². The first-order valence-electron chi connectivity index (χ1n) is 11.8. The lowest BCUT2D eigenvalue weighted by Gasteiger charge is -2.26. The smallest absolute Gasteiger partial charge is 0.149 e. The van der Waals surface area contributed by atoms with Crippen molar-refractivity contribution in [1.29, 1.82) is 0 Å². The molecular formula is C28H32F2N4. The van der Waals surface area contributed by atoms with Crippen molar-refractivity contribution in [3.8, 4) is 0 Å². The molecule has 6 heteroatoms. The van der Waals surface area contributed by atoms with Crippen LogP contribution in [0.2, 0.25) is 0 Å². The highest BCUT2D eigenvalue weighted by Crippen LogP contribution is 2.41. The molecule has 1 unspecified atom stereocenters. The van der Waals surface area contributed by atoms with E-state index < -0.39 is 17.8 Å². The molecule has 5 N–H and O–H groups in total. The maximum Gasteiger partial charge on any atom is 0.149 e. The van der Waals surface area contributed by atoms with Crippen LogP contribution in [-0.4, -0.2) is 6.54 Å². The van der Waals surface area contributed by atoms with E-state index in [1.54, 1.807) is 0 Å². The number of hydrogen-bond acceptors (Lipinski definition) is 4. The highest BCUT2D eigenvalue weighted by atomic mass is 19.1. The van der Waals surface area contributed by atoms with E-state index in [0.29, 0.717) is 36.0 Å². The molecule has 0 aromatic heterocycles. The van der Waals surface area contributed by atoms with E-state index in [0.717, 1.165) is 18.1 Å². The van der Waals surface area contributed by atoms with Crippen molar-refractivity contribution < 1.29 is 8.78 Å². The summed E-state index contributed by atoms with van der Waals surface area (Å²) in [5, 5.41) is 9.95. The second kappa shape index (κ2) is 10.7. The molecule has 4 rings (SSSR count). The number of hydrogen-bond donors (Lipinski definition) is 4. The van der Waals surface area contributed by atoms with E-state index in [2.05, 4.69) is 40.7 Å². The van der Waals surface area contributed by atoms with Gasteiger partial charge in [0.05, 0.1) is 5.69 Å². The summed E-state index contributed by atoms with van der Waals surface area (Å²) in [5.41, 5.74) is 11.3. The maximum absolute atomic E-state index is 14.6. The fourth-order valence-corrected chi connectivity index (χ4v) is 4.21. The second-order valence-electron chi connectivity index (χ2n) is 8.78. The molecule has 1 saturated carbocycles. The van der Waals surface area contributed by atoms with E-state index in [1.807, 2.05) is 37.3 Å². The number of nitrogen functional groups attached to an aromatic ring is 1. The Labute approximate surface area is 200 Å². The third-order valence-corrected chi connectivity index (χ3v) is 6.13. The average molecular weight is 463 g/mol. The molecule has 1 atom stereocenters. The van der Waals surface area contributed by atoms with Gasteiger partial charge in [-0.25, -0.2) is 8.78 Å². The fourth-order valence-electron chi connectivity index (χ4n) is 4.21. The van der Waals surface area contributed by atoms with E-state index >= 15 is 0 Å². The molecule has 0 saturated heterocycles. The van der Waals surface area contributed by atoms with Crippen LogP contribution in [0.3, 0.4) is 0 Å². The average Bonchev–Trinajstić information content (AvgIpc) is 3.67. The topological polar surface area (TPSA) is 62.1 Å². The number of benzene rings is 3. The molecule has 0 spiro atoms. The standard InChI is InChI=1S/C28H32F2N4/c1-3-14-32-27-24(15-21(29)16-25(27)30)18(2)34-28(23-10-6-7-11-26(23)31)33-17-20-8-4-5-9-22(20)19-12-13-19/h4-11,15-16,19,28,32-34H,2-3,12-14,17,31H2,1H3. The molecule has 34 heavy (non-hydrogen) atoms. The Hall–Kier alpha value is -3.38. The van der Waals surface area contributed by atoms with Crippen LogP contribution in [0.5, 0.6) is 0 Å². The SMILES string of the molecule is C=C(NC(NCc1ccccc1C1CC1)c1ccccc1N)c1cc(F)cc(F)c1NCCC. The highest BCUT2D eigenvalue weighted by Gasteiger charge is 2.26. The number of para-hydroxylation sites is 1. The summed E-state index contributed by atoms with van der Waals surface area (Å²) in [4.78, 5) is 0. The third kappa shape index (κ3) is 5.57. The minimum absolute atomic E-state index is 0.236. The van der Waals surface area contributed by atoms with Gasteiger partial charge in [-0.15, -0.1) is 0 Å². The van der Waals surface area contributed by atoms with Gasteiger partial charge in [0, 0.05) is 41.7 Å². The lowest BCUT2D eigenvalue weighted by atomic mass is 10.0. The first kappa shape index (κ1) is 23.8. The van der Waals surface area contributed by atoms with Crippen molar-refractivity contribution in [1.82, 2.24) is 10.6 Å². The van der Waals surface area contributed by atoms with Crippen molar-refractivity contribution in [2.24, 2.45) is 0 Å². The van der Waals surface area contributed by atoms with E-state index in [9.17, 15) is 8.78 Å². The number of rotatable bonds is 11. The summed E-state index contributed by atoms with van der Waals surface area (Å²) in [7, 11) is 0. The molecule has 0 heterocycles. The van der Waals surface area contributed by atoms with Crippen LogP contribution in [0.25, 0.3) is 5.70 Å². The summed E-state index contributed by atoms with van der Waals surface area (Å²) in [6.07, 6.45) is 2.84. The monoisotopic (exact) mass is 462 g/mol. The molecular weight excluding hydrogens is 430 g/mol. The fraction of sp³-hybridized carbons (Fsp3) is 0.286. The largest absolute Gasteiger partial charge is 0.398 e. The second-order valence-corrected chi connectivity index (χ2v) is 8.78. The van der Waals surface area contributed by atoms with Gasteiger partial charge in [-0.1, -0.05) is 56.0 Å². The first-order chi connectivity index (χ1) is 16.5. The van der Waals surface area contributed by atoms with Gasteiger partial charge in [0.15, 0.2) is 0 Å². The summed E-state index contributed by atoms with van der Waals surface area (Å²) < 4.78 is 28.7. The molecule has 3 aromatic carbocycles. The Morgan fingerprint density at radius 2 is 1.82 bits per heavy atom. The minimum atomic E-state index is -0.653. The Kier molecular flexibility index (Phi) is 7.48. The van der Waals surface area contributed by atoms with Crippen molar-refractivity contribution in [3.05, 3.63) is 101 Å². The van der Waals surface area contributed by atoms with Gasteiger partial charge in [-0.2, -0.15) is 0 Å². The van der Waals surface area contributed by atoms with Gasteiger partial charge in [0.25, 0.3) is 0 Å². The summed E-state index contributed by atoms with van der Waals surface area (Å²) in [6, 6.07) is 18.2. The predicted molar refractivity (Wildman–Crippen MR) is 136 cm³/mol. The Morgan fingerprint density at radius 1 is 1.09 bits per heavy atom. The first-order valence-corrected chi connectivity index (χ1v) is 11.8. The van der Waals surface area contributed by atoms with Crippen LogP contribution in [0.15, 0.2) is 67.2 Å². The lowest BCUT2D eigenvalue weighted by molar-refractivity contribution is 0.497. The van der Waals surface area contributed by atoms with Gasteiger partial charge in [-0.05, 0) is 48.4 Å². The highest BCUT2D eigenvalue weighted by molar-refractivity contribution is 5.75. The molecule has 0 aliphatic heterocycles. The van der Waals surface area contributed by atoms with E-state index in [1.165, 1.54) is 30.0 Å². The van der Waals surface area contributed by atoms with Gasteiger partial charge < -0.3 is 16.4 Å². The van der Waals surface area contributed by atoms with Crippen LogP contribution in [0.1, 0.15) is 60.5 Å². The zero-order valence-corrected chi connectivity index (χ0v) is 19.5. The molecule has 3 aromatic rings. The predicted octanol–water partition coefficient (Wildman–Crippen LogP) is 6.30. The van der Waals surface area contributed by atoms with Crippen LogP contribution in [-0.2, 0) is 6.54 Å². The summed E-state index contributed by atoms with van der Waals surface area (Å²) in [5.74, 6) is -0.670. The molecule has 0 radical (unpaired) electrons. The molecule has 178 valence electrons. The zero-order chi connectivity index (χ0) is 24.1. The minimum Gasteiger partial charge on any atom is -0.398 e. The van der Waals surface area contributed by atoms with Crippen LogP contribution >= 0.6 is 0 Å². The molecule has 4 nitrogen and oxygen atoms in total. The Bertz CT molecular complexity index is 1160. The van der Waals surface area contributed by atoms with Crippen LogP contribution in [0, 0.1) is 11.6 Å².